The molecule has 1 aliphatic heterocycles. The third-order valence-corrected chi connectivity index (χ3v) is 4.72. The molecule has 1 N–H and O–H groups in total. The minimum atomic E-state index is 0.523. The second-order valence-electron chi connectivity index (χ2n) is 5.76. The molecule has 108 valence electrons. The van der Waals surface area contributed by atoms with E-state index in [9.17, 15) is 0 Å². The van der Waals surface area contributed by atoms with E-state index in [1.54, 1.807) is 14.2 Å². The van der Waals surface area contributed by atoms with Crippen molar-refractivity contribution in [2.24, 2.45) is 11.8 Å². The quantitative estimate of drug-likeness (QED) is 0.914. The van der Waals surface area contributed by atoms with Crippen molar-refractivity contribution in [1.82, 2.24) is 5.32 Å². The van der Waals surface area contributed by atoms with E-state index >= 15 is 0 Å². The number of hydrogen-bond acceptors (Lipinski definition) is 3. The molecule has 0 amide bonds. The molecule has 2 aliphatic rings. The molecular formula is C17H23NO2. The van der Waals surface area contributed by atoms with Gasteiger partial charge >= 0.3 is 0 Å². The molecule has 1 aromatic carbocycles. The largest absolute Gasteiger partial charge is 0.497 e. The SMILES string of the molecule is COc1ccc(/C=C/C2NCC3CCCC32)c(OC)c1. The fourth-order valence-electron chi connectivity index (χ4n) is 3.60. The highest BCUT2D eigenvalue weighted by Crippen LogP contribution is 2.38. The van der Waals surface area contributed by atoms with Gasteiger partial charge in [-0.15, -0.1) is 0 Å². The molecule has 3 heteroatoms. The summed E-state index contributed by atoms with van der Waals surface area (Å²) in [4.78, 5) is 0. The van der Waals surface area contributed by atoms with Crippen molar-refractivity contribution in [3.8, 4) is 11.5 Å². The van der Waals surface area contributed by atoms with E-state index in [1.165, 1.54) is 25.8 Å². The van der Waals surface area contributed by atoms with Crippen LogP contribution in [0.1, 0.15) is 24.8 Å². The molecule has 3 nitrogen and oxygen atoms in total. The zero-order valence-corrected chi connectivity index (χ0v) is 12.3. The molecule has 3 atom stereocenters. The predicted octanol–water partition coefficient (Wildman–Crippen LogP) is 3.11. The van der Waals surface area contributed by atoms with E-state index in [-0.39, 0.29) is 0 Å². The Morgan fingerprint density at radius 3 is 2.90 bits per heavy atom. The number of fused-ring (bicyclic) bond motifs is 1. The highest BCUT2D eigenvalue weighted by molar-refractivity contribution is 5.59. The number of rotatable bonds is 4. The van der Waals surface area contributed by atoms with Crippen molar-refractivity contribution in [1.29, 1.82) is 0 Å². The van der Waals surface area contributed by atoms with Gasteiger partial charge in [0.05, 0.1) is 14.2 Å². The van der Waals surface area contributed by atoms with E-state index in [0.717, 1.165) is 28.9 Å². The van der Waals surface area contributed by atoms with Gasteiger partial charge in [0.1, 0.15) is 11.5 Å². The molecule has 1 saturated carbocycles. The van der Waals surface area contributed by atoms with E-state index in [2.05, 4.69) is 23.5 Å². The summed E-state index contributed by atoms with van der Waals surface area (Å²) >= 11 is 0. The molecule has 0 aromatic heterocycles. The van der Waals surface area contributed by atoms with Crippen LogP contribution in [0.4, 0.5) is 0 Å². The van der Waals surface area contributed by atoms with Crippen LogP contribution in [0.2, 0.25) is 0 Å². The van der Waals surface area contributed by atoms with Gasteiger partial charge in [-0.1, -0.05) is 18.6 Å². The Bertz CT molecular complexity index is 498. The lowest BCUT2D eigenvalue weighted by Crippen LogP contribution is -2.23. The molecule has 1 aromatic rings. The lowest BCUT2D eigenvalue weighted by molar-refractivity contribution is 0.393. The van der Waals surface area contributed by atoms with Gasteiger partial charge < -0.3 is 14.8 Å². The maximum absolute atomic E-state index is 5.44. The van der Waals surface area contributed by atoms with Gasteiger partial charge in [0.25, 0.3) is 0 Å². The van der Waals surface area contributed by atoms with Crippen LogP contribution in [0.3, 0.4) is 0 Å². The highest BCUT2D eigenvalue weighted by atomic mass is 16.5. The predicted molar refractivity (Wildman–Crippen MR) is 81.2 cm³/mol. The van der Waals surface area contributed by atoms with E-state index in [1.807, 2.05) is 12.1 Å². The molecule has 1 heterocycles. The third-order valence-electron chi connectivity index (χ3n) is 4.72. The first kappa shape index (κ1) is 13.5. The van der Waals surface area contributed by atoms with Crippen LogP contribution < -0.4 is 14.8 Å². The third kappa shape index (κ3) is 2.55. The van der Waals surface area contributed by atoms with Gasteiger partial charge in [-0.3, -0.25) is 0 Å². The summed E-state index contributed by atoms with van der Waals surface area (Å²) in [7, 11) is 3.37. The normalized spacial score (nSPS) is 28.8. The van der Waals surface area contributed by atoms with Crippen LogP contribution in [0, 0.1) is 11.8 Å². The molecular weight excluding hydrogens is 250 g/mol. The summed E-state index contributed by atoms with van der Waals surface area (Å²) in [5, 5.41) is 3.64. The summed E-state index contributed by atoms with van der Waals surface area (Å²) < 4.78 is 10.7. The first-order valence-corrected chi connectivity index (χ1v) is 7.45. The number of nitrogens with one attached hydrogen (secondary N) is 1. The van der Waals surface area contributed by atoms with Crippen LogP contribution in [0.25, 0.3) is 6.08 Å². The monoisotopic (exact) mass is 273 g/mol. The fraction of sp³-hybridized carbons (Fsp3) is 0.529. The summed E-state index contributed by atoms with van der Waals surface area (Å²) in [6.45, 7) is 1.18. The number of hydrogen-bond donors (Lipinski definition) is 1. The maximum Gasteiger partial charge on any atom is 0.129 e. The lowest BCUT2D eigenvalue weighted by atomic mass is 9.93. The Hall–Kier alpha value is -1.48. The Morgan fingerprint density at radius 1 is 1.20 bits per heavy atom. The first-order chi connectivity index (χ1) is 9.81. The smallest absolute Gasteiger partial charge is 0.129 e. The topological polar surface area (TPSA) is 30.5 Å². The standard InChI is InChI=1S/C17H23NO2/c1-19-14-8-6-12(17(10-14)20-2)7-9-16-15-5-3-4-13(15)11-18-16/h6-10,13,15-16,18H,3-5,11H2,1-2H3/b9-7+. The number of ether oxygens (including phenoxy) is 2. The van der Waals surface area contributed by atoms with Crippen molar-refractivity contribution in [3.05, 3.63) is 29.8 Å². The molecule has 3 unspecified atom stereocenters. The van der Waals surface area contributed by atoms with E-state index < -0.39 is 0 Å². The summed E-state index contributed by atoms with van der Waals surface area (Å²) in [6, 6.07) is 6.48. The van der Waals surface area contributed by atoms with Gasteiger partial charge in [-0.2, -0.15) is 0 Å². The van der Waals surface area contributed by atoms with Gasteiger partial charge in [-0.25, -0.2) is 0 Å². The average molecular weight is 273 g/mol. The first-order valence-electron chi connectivity index (χ1n) is 7.45. The van der Waals surface area contributed by atoms with Crippen LogP contribution in [-0.4, -0.2) is 26.8 Å². The van der Waals surface area contributed by atoms with Crippen molar-refractivity contribution < 1.29 is 9.47 Å². The minimum Gasteiger partial charge on any atom is -0.497 e. The molecule has 0 spiro atoms. The zero-order valence-electron chi connectivity index (χ0n) is 12.3. The van der Waals surface area contributed by atoms with Gasteiger partial charge in [0.15, 0.2) is 0 Å². The molecule has 1 saturated heterocycles. The molecule has 1 aliphatic carbocycles. The Labute approximate surface area is 121 Å². The van der Waals surface area contributed by atoms with Crippen molar-refractivity contribution in [2.45, 2.75) is 25.3 Å². The second kappa shape index (κ2) is 5.88. The summed E-state index contributed by atoms with van der Waals surface area (Å²) in [6.07, 6.45) is 8.64. The van der Waals surface area contributed by atoms with Crippen molar-refractivity contribution in [2.75, 3.05) is 20.8 Å². The average Bonchev–Trinajstić information content (AvgIpc) is 3.08. The Balaban J connectivity index is 1.75. The fourth-order valence-corrected chi connectivity index (χ4v) is 3.60. The number of methoxy groups -OCH3 is 2. The van der Waals surface area contributed by atoms with E-state index in [4.69, 9.17) is 9.47 Å². The summed E-state index contributed by atoms with van der Waals surface area (Å²) in [5.74, 6) is 3.41. The zero-order chi connectivity index (χ0) is 13.9. The highest BCUT2D eigenvalue weighted by Gasteiger charge is 2.37. The molecule has 0 radical (unpaired) electrons. The van der Waals surface area contributed by atoms with Crippen molar-refractivity contribution in [3.63, 3.8) is 0 Å². The molecule has 0 bridgehead atoms. The van der Waals surface area contributed by atoms with Gasteiger partial charge in [0.2, 0.25) is 0 Å². The summed E-state index contributed by atoms with van der Waals surface area (Å²) in [5.41, 5.74) is 1.11. The van der Waals surface area contributed by atoms with Crippen LogP contribution in [-0.2, 0) is 0 Å². The van der Waals surface area contributed by atoms with Gasteiger partial charge in [-0.05, 0) is 43.4 Å². The van der Waals surface area contributed by atoms with Crippen LogP contribution >= 0.6 is 0 Å². The molecule has 20 heavy (non-hydrogen) atoms. The van der Waals surface area contributed by atoms with Crippen molar-refractivity contribution >= 4 is 6.08 Å². The van der Waals surface area contributed by atoms with Gasteiger partial charge in [0, 0.05) is 17.7 Å². The number of benzene rings is 1. The minimum absolute atomic E-state index is 0.523. The maximum atomic E-state index is 5.44. The Kier molecular flexibility index (Phi) is 3.97. The molecule has 3 rings (SSSR count). The second-order valence-corrected chi connectivity index (χ2v) is 5.76. The van der Waals surface area contributed by atoms with Crippen LogP contribution in [0.5, 0.6) is 11.5 Å². The molecule has 2 fully saturated rings. The lowest BCUT2D eigenvalue weighted by Gasteiger charge is -2.14. The Morgan fingerprint density at radius 2 is 2.10 bits per heavy atom. The van der Waals surface area contributed by atoms with E-state index in [0.29, 0.717) is 6.04 Å². The van der Waals surface area contributed by atoms with Crippen LogP contribution in [0.15, 0.2) is 24.3 Å².